The molecule has 2 N–H and O–H groups in total. The Kier molecular flexibility index (Phi) is 7.06. The number of carbonyl (C=O) groups excluding carboxylic acids is 1. The van der Waals surface area contributed by atoms with E-state index in [-0.39, 0.29) is 25.0 Å². The summed E-state index contributed by atoms with van der Waals surface area (Å²) in [5.74, 6) is -0.816. The summed E-state index contributed by atoms with van der Waals surface area (Å²) in [5.41, 5.74) is 0.709. The van der Waals surface area contributed by atoms with Crippen LogP contribution in [-0.2, 0) is 14.3 Å². The molecule has 1 aromatic carbocycles. The number of carboxylic acid groups (broad SMARTS) is 1. The average molecular weight is 354 g/mol. The number of ether oxygens (including phenoxy) is 1. The molecule has 132 valence electrons. The largest absolute Gasteiger partial charge is 0.481 e. The monoisotopic (exact) mass is 353 g/mol. The van der Waals surface area contributed by atoms with Gasteiger partial charge in [-0.25, -0.2) is 0 Å². The second-order valence-electron chi connectivity index (χ2n) is 6.38. The molecule has 0 bridgehead atoms. The Morgan fingerprint density at radius 1 is 1.29 bits per heavy atom. The summed E-state index contributed by atoms with van der Waals surface area (Å²) < 4.78 is 5.74. The zero-order chi connectivity index (χ0) is 17.5. The van der Waals surface area contributed by atoms with Crippen LogP contribution in [0, 0.1) is 5.92 Å². The number of carbonyl (C=O) groups is 2. The van der Waals surface area contributed by atoms with Crippen LogP contribution in [0.25, 0.3) is 0 Å². The Hall–Kier alpha value is -1.59. The van der Waals surface area contributed by atoms with Gasteiger partial charge in [0.25, 0.3) is 0 Å². The number of amides is 1. The van der Waals surface area contributed by atoms with Crippen LogP contribution in [0.4, 0.5) is 0 Å². The van der Waals surface area contributed by atoms with E-state index in [9.17, 15) is 9.59 Å². The number of carboxylic acids is 1. The number of nitrogens with one attached hydrogen (secondary N) is 1. The lowest BCUT2D eigenvalue weighted by Crippen LogP contribution is -2.36. The Morgan fingerprint density at radius 2 is 1.96 bits per heavy atom. The van der Waals surface area contributed by atoms with Crippen molar-refractivity contribution in [3.05, 3.63) is 34.9 Å². The molecule has 1 aromatic rings. The summed E-state index contributed by atoms with van der Waals surface area (Å²) in [4.78, 5) is 23.2. The molecule has 1 aliphatic carbocycles. The Balaban J connectivity index is 1.91. The highest BCUT2D eigenvalue weighted by Gasteiger charge is 2.24. The van der Waals surface area contributed by atoms with Crippen molar-refractivity contribution in [3.8, 4) is 0 Å². The van der Waals surface area contributed by atoms with Crippen molar-refractivity contribution in [1.82, 2.24) is 5.32 Å². The SMILES string of the molecule is CC1CCCCC1OCC(=O)N[C@@H](CC(=O)O)c1ccc(Cl)cc1. The molecule has 5 nitrogen and oxygen atoms in total. The molecule has 1 fully saturated rings. The zero-order valence-corrected chi connectivity index (χ0v) is 14.6. The molecule has 2 unspecified atom stereocenters. The molecule has 0 radical (unpaired) electrons. The van der Waals surface area contributed by atoms with Gasteiger partial charge in [0, 0.05) is 5.02 Å². The lowest BCUT2D eigenvalue weighted by Gasteiger charge is -2.28. The van der Waals surface area contributed by atoms with Gasteiger partial charge in [0.15, 0.2) is 0 Å². The molecule has 0 aliphatic heterocycles. The van der Waals surface area contributed by atoms with Crippen LogP contribution in [-0.4, -0.2) is 29.7 Å². The first-order valence-electron chi connectivity index (χ1n) is 8.34. The fourth-order valence-electron chi connectivity index (χ4n) is 3.07. The minimum absolute atomic E-state index is 0.0429. The maximum absolute atomic E-state index is 12.2. The Morgan fingerprint density at radius 3 is 2.58 bits per heavy atom. The van der Waals surface area contributed by atoms with Crippen molar-refractivity contribution in [2.75, 3.05) is 6.61 Å². The minimum Gasteiger partial charge on any atom is -0.481 e. The molecule has 1 saturated carbocycles. The smallest absolute Gasteiger partial charge is 0.305 e. The standard InChI is InChI=1S/C18H24ClNO4/c1-12-4-2-3-5-16(12)24-11-17(21)20-15(10-18(22)23)13-6-8-14(19)9-7-13/h6-9,12,15-16H,2-5,10-11H2,1H3,(H,20,21)(H,22,23)/t12?,15-,16?/m0/s1. The molecule has 0 aromatic heterocycles. The highest BCUT2D eigenvalue weighted by atomic mass is 35.5. The van der Waals surface area contributed by atoms with Gasteiger partial charge in [-0.3, -0.25) is 9.59 Å². The lowest BCUT2D eigenvalue weighted by molar-refractivity contribution is -0.138. The van der Waals surface area contributed by atoms with Crippen LogP contribution in [0.15, 0.2) is 24.3 Å². The number of halogens is 1. The summed E-state index contributed by atoms with van der Waals surface area (Å²) in [7, 11) is 0. The second-order valence-corrected chi connectivity index (χ2v) is 6.82. The highest BCUT2D eigenvalue weighted by Crippen LogP contribution is 2.26. The molecule has 0 saturated heterocycles. The topological polar surface area (TPSA) is 75.6 Å². The third kappa shape index (κ3) is 5.80. The molecule has 1 aliphatic rings. The fraction of sp³-hybridized carbons (Fsp3) is 0.556. The minimum atomic E-state index is -0.975. The summed E-state index contributed by atoms with van der Waals surface area (Å²) >= 11 is 5.85. The third-order valence-corrected chi connectivity index (χ3v) is 4.70. The normalized spacial score (nSPS) is 21.9. The molecule has 0 heterocycles. The van der Waals surface area contributed by atoms with Gasteiger partial charge >= 0.3 is 5.97 Å². The van der Waals surface area contributed by atoms with Crippen LogP contribution in [0.2, 0.25) is 5.02 Å². The quantitative estimate of drug-likeness (QED) is 0.785. The van der Waals surface area contributed by atoms with Crippen molar-refractivity contribution in [2.45, 2.75) is 51.2 Å². The number of aliphatic carboxylic acids is 1. The van der Waals surface area contributed by atoms with E-state index in [1.54, 1.807) is 24.3 Å². The summed E-state index contributed by atoms with van der Waals surface area (Å²) in [6, 6.07) is 6.20. The Labute approximate surface area is 147 Å². The van der Waals surface area contributed by atoms with Gasteiger partial charge in [-0.1, -0.05) is 43.5 Å². The molecule has 1 amide bonds. The predicted octanol–water partition coefficient (Wildman–Crippen LogP) is 3.57. The van der Waals surface area contributed by atoms with Crippen LogP contribution in [0.1, 0.15) is 50.6 Å². The van der Waals surface area contributed by atoms with Crippen molar-refractivity contribution in [3.63, 3.8) is 0 Å². The molecule has 3 atom stereocenters. The van der Waals surface area contributed by atoms with Crippen LogP contribution < -0.4 is 5.32 Å². The van der Waals surface area contributed by atoms with E-state index in [1.807, 2.05) is 0 Å². The first kappa shape index (κ1) is 18.7. The number of hydrogen-bond donors (Lipinski definition) is 2. The lowest BCUT2D eigenvalue weighted by atomic mass is 9.88. The zero-order valence-electron chi connectivity index (χ0n) is 13.8. The predicted molar refractivity (Wildman–Crippen MR) is 92.0 cm³/mol. The van der Waals surface area contributed by atoms with E-state index in [0.29, 0.717) is 16.5 Å². The maximum Gasteiger partial charge on any atom is 0.305 e. The number of benzene rings is 1. The van der Waals surface area contributed by atoms with Crippen molar-refractivity contribution in [1.29, 1.82) is 0 Å². The maximum atomic E-state index is 12.2. The first-order valence-corrected chi connectivity index (χ1v) is 8.71. The third-order valence-electron chi connectivity index (χ3n) is 4.45. The van der Waals surface area contributed by atoms with E-state index in [0.717, 1.165) is 19.3 Å². The van der Waals surface area contributed by atoms with E-state index in [4.69, 9.17) is 21.4 Å². The van der Waals surface area contributed by atoms with Crippen LogP contribution in [0.3, 0.4) is 0 Å². The number of hydrogen-bond acceptors (Lipinski definition) is 3. The molecule has 0 spiro atoms. The van der Waals surface area contributed by atoms with E-state index in [2.05, 4.69) is 12.2 Å². The molecular weight excluding hydrogens is 330 g/mol. The highest BCUT2D eigenvalue weighted by molar-refractivity contribution is 6.30. The van der Waals surface area contributed by atoms with Gasteiger partial charge in [0.2, 0.25) is 5.91 Å². The van der Waals surface area contributed by atoms with Crippen LogP contribution >= 0.6 is 11.6 Å². The average Bonchev–Trinajstić information content (AvgIpc) is 2.54. The van der Waals surface area contributed by atoms with Crippen LogP contribution in [0.5, 0.6) is 0 Å². The second kappa shape index (κ2) is 9.04. The van der Waals surface area contributed by atoms with Gasteiger partial charge in [0.05, 0.1) is 18.6 Å². The summed E-state index contributed by atoms with van der Waals surface area (Å²) in [5, 5.41) is 12.4. The molecule has 6 heteroatoms. The van der Waals surface area contributed by atoms with Gasteiger partial charge < -0.3 is 15.2 Å². The van der Waals surface area contributed by atoms with Crippen molar-refractivity contribution >= 4 is 23.5 Å². The molecule has 2 rings (SSSR count). The van der Waals surface area contributed by atoms with E-state index in [1.165, 1.54) is 6.42 Å². The van der Waals surface area contributed by atoms with Gasteiger partial charge in [-0.05, 0) is 36.5 Å². The van der Waals surface area contributed by atoms with Gasteiger partial charge in [-0.15, -0.1) is 0 Å². The summed E-state index contributed by atoms with van der Waals surface area (Å²) in [6.07, 6.45) is 4.36. The van der Waals surface area contributed by atoms with Crippen molar-refractivity contribution < 1.29 is 19.4 Å². The van der Waals surface area contributed by atoms with Gasteiger partial charge in [0.1, 0.15) is 6.61 Å². The first-order chi connectivity index (χ1) is 11.5. The Bertz CT molecular complexity index is 561. The van der Waals surface area contributed by atoms with E-state index >= 15 is 0 Å². The summed E-state index contributed by atoms with van der Waals surface area (Å²) in [6.45, 7) is 2.10. The molecular formula is C18H24ClNO4. The fourth-order valence-corrected chi connectivity index (χ4v) is 3.20. The van der Waals surface area contributed by atoms with E-state index < -0.39 is 12.0 Å². The molecule has 24 heavy (non-hydrogen) atoms. The van der Waals surface area contributed by atoms with Gasteiger partial charge in [-0.2, -0.15) is 0 Å². The number of rotatable bonds is 7. The van der Waals surface area contributed by atoms with Crippen molar-refractivity contribution in [2.24, 2.45) is 5.92 Å².